The van der Waals surface area contributed by atoms with Gasteiger partial charge in [-0.05, 0) is 17.8 Å². The highest BCUT2D eigenvalue weighted by atomic mass is 32.1. The molecule has 2 N–H and O–H groups in total. The van der Waals surface area contributed by atoms with Crippen molar-refractivity contribution in [3.8, 4) is 0 Å². The van der Waals surface area contributed by atoms with Crippen LogP contribution in [0.3, 0.4) is 0 Å². The topological polar surface area (TPSA) is 76.7 Å². The molecule has 0 saturated carbocycles. The Morgan fingerprint density at radius 2 is 1.86 bits per heavy atom. The van der Waals surface area contributed by atoms with Gasteiger partial charge in [0.05, 0.1) is 13.0 Å². The van der Waals surface area contributed by atoms with Crippen LogP contribution in [0.25, 0.3) is 0 Å². The number of benzene rings is 1. The second-order valence-corrected chi connectivity index (χ2v) is 4.84. The van der Waals surface area contributed by atoms with E-state index in [1.807, 2.05) is 30.3 Å². The Morgan fingerprint density at radius 3 is 2.55 bits per heavy atom. The summed E-state index contributed by atoms with van der Waals surface area (Å²) in [4.78, 5) is 22.9. The lowest BCUT2D eigenvalue weighted by atomic mass is 10.2. The van der Waals surface area contributed by atoms with E-state index in [1.54, 1.807) is 0 Å². The van der Waals surface area contributed by atoms with Crippen molar-refractivity contribution in [3.05, 3.63) is 35.9 Å². The molecule has 0 heterocycles. The van der Waals surface area contributed by atoms with E-state index < -0.39 is 5.97 Å². The van der Waals surface area contributed by atoms with Gasteiger partial charge in [0.2, 0.25) is 5.91 Å². The molecular formula is C15H20N2O4S. The van der Waals surface area contributed by atoms with Gasteiger partial charge in [-0.15, -0.1) is 0 Å². The van der Waals surface area contributed by atoms with E-state index in [-0.39, 0.29) is 30.5 Å². The van der Waals surface area contributed by atoms with Crippen LogP contribution in [0.2, 0.25) is 0 Å². The summed E-state index contributed by atoms with van der Waals surface area (Å²) in [5.41, 5.74) is 1.06. The van der Waals surface area contributed by atoms with E-state index in [2.05, 4.69) is 10.6 Å². The predicted octanol–water partition coefficient (Wildman–Crippen LogP) is 1.15. The first-order valence-electron chi connectivity index (χ1n) is 6.88. The maximum Gasteiger partial charge on any atom is 0.306 e. The lowest BCUT2D eigenvalue weighted by molar-refractivity contribution is -0.146. The number of hydrogen-bond donors (Lipinski definition) is 2. The lowest BCUT2D eigenvalue weighted by Crippen LogP contribution is -2.38. The van der Waals surface area contributed by atoms with Gasteiger partial charge in [0.25, 0.3) is 0 Å². The van der Waals surface area contributed by atoms with Crippen molar-refractivity contribution >= 4 is 29.2 Å². The van der Waals surface area contributed by atoms with Crippen molar-refractivity contribution in [2.24, 2.45) is 0 Å². The molecule has 1 aromatic carbocycles. The molecule has 1 aromatic rings. The molecule has 120 valence electrons. The largest absolute Gasteiger partial charge is 0.463 e. The van der Waals surface area contributed by atoms with Crippen molar-refractivity contribution in [1.82, 2.24) is 10.6 Å². The van der Waals surface area contributed by atoms with Crippen LogP contribution < -0.4 is 10.6 Å². The molecule has 0 aromatic heterocycles. The summed E-state index contributed by atoms with van der Waals surface area (Å²) >= 11 is 5.02. The van der Waals surface area contributed by atoms with Crippen molar-refractivity contribution in [3.63, 3.8) is 0 Å². The molecule has 0 bridgehead atoms. The molecule has 1 rings (SSSR count). The van der Waals surface area contributed by atoms with E-state index in [1.165, 1.54) is 7.11 Å². The second kappa shape index (κ2) is 10.7. The van der Waals surface area contributed by atoms with Crippen LogP contribution in [0, 0.1) is 0 Å². The minimum Gasteiger partial charge on any atom is -0.463 e. The number of carbonyl (C=O) groups is 2. The minimum atomic E-state index is -0.435. The third-order valence-electron chi connectivity index (χ3n) is 2.66. The lowest BCUT2D eigenvalue weighted by Gasteiger charge is -2.09. The Bertz CT molecular complexity index is 494. The normalized spacial score (nSPS) is 9.86. The first-order valence-corrected chi connectivity index (χ1v) is 7.29. The fraction of sp³-hybridized carbons (Fsp3) is 0.400. The molecule has 7 heteroatoms. The molecule has 0 radical (unpaired) electrons. The summed E-state index contributed by atoms with van der Waals surface area (Å²) in [6.45, 7) is 1.05. The fourth-order valence-electron chi connectivity index (χ4n) is 1.54. The van der Waals surface area contributed by atoms with Gasteiger partial charge < -0.3 is 20.1 Å². The molecule has 0 aliphatic heterocycles. The molecule has 0 aliphatic rings. The first-order chi connectivity index (χ1) is 10.6. The molecule has 22 heavy (non-hydrogen) atoms. The van der Waals surface area contributed by atoms with Gasteiger partial charge in [0.15, 0.2) is 5.11 Å². The van der Waals surface area contributed by atoms with Crippen LogP contribution in [0.1, 0.15) is 18.4 Å². The average Bonchev–Trinajstić information content (AvgIpc) is 2.52. The molecule has 0 unspecified atom stereocenters. The van der Waals surface area contributed by atoms with E-state index in [0.29, 0.717) is 13.2 Å². The third-order valence-corrected chi connectivity index (χ3v) is 2.90. The van der Waals surface area contributed by atoms with Crippen LogP contribution in [-0.2, 0) is 25.6 Å². The summed E-state index contributed by atoms with van der Waals surface area (Å²) < 4.78 is 9.60. The molecule has 0 aliphatic carbocycles. The summed E-state index contributed by atoms with van der Waals surface area (Å²) in [7, 11) is 1.52. The van der Waals surface area contributed by atoms with Crippen LogP contribution >= 0.6 is 12.2 Å². The highest BCUT2D eigenvalue weighted by Gasteiger charge is 2.09. The SMILES string of the molecule is COCCOC(=O)CCC(=O)NC(=S)NCc1ccccc1. The van der Waals surface area contributed by atoms with Crippen LogP contribution in [-0.4, -0.2) is 37.3 Å². The van der Waals surface area contributed by atoms with Gasteiger partial charge in [-0.25, -0.2) is 0 Å². The third kappa shape index (κ3) is 8.33. The summed E-state index contributed by atoms with van der Waals surface area (Å²) in [5.74, 6) is -0.760. The summed E-state index contributed by atoms with van der Waals surface area (Å²) in [5, 5.41) is 5.69. The molecular weight excluding hydrogens is 304 g/mol. The minimum absolute atomic E-state index is 0.0108. The summed E-state index contributed by atoms with van der Waals surface area (Å²) in [6.07, 6.45) is 0.0375. The van der Waals surface area contributed by atoms with Crippen molar-refractivity contribution < 1.29 is 19.1 Å². The highest BCUT2D eigenvalue weighted by molar-refractivity contribution is 7.80. The molecule has 1 amide bonds. The zero-order valence-corrected chi connectivity index (χ0v) is 13.3. The molecule has 0 fully saturated rings. The van der Waals surface area contributed by atoms with Crippen molar-refractivity contribution in [2.75, 3.05) is 20.3 Å². The Morgan fingerprint density at radius 1 is 1.14 bits per heavy atom. The van der Waals surface area contributed by atoms with Crippen LogP contribution in [0.15, 0.2) is 30.3 Å². The molecule has 0 atom stereocenters. The Balaban J connectivity index is 2.16. The average molecular weight is 324 g/mol. The zero-order valence-electron chi connectivity index (χ0n) is 12.5. The van der Waals surface area contributed by atoms with Crippen molar-refractivity contribution in [1.29, 1.82) is 0 Å². The maximum atomic E-state index is 11.6. The van der Waals surface area contributed by atoms with Crippen LogP contribution in [0.4, 0.5) is 0 Å². The Kier molecular flexibility index (Phi) is 8.78. The number of ether oxygens (including phenoxy) is 2. The first kappa shape index (κ1) is 18.1. The van der Waals surface area contributed by atoms with Gasteiger partial charge >= 0.3 is 5.97 Å². The number of methoxy groups -OCH3 is 1. The van der Waals surface area contributed by atoms with Crippen molar-refractivity contribution in [2.45, 2.75) is 19.4 Å². The smallest absolute Gasteiger partial charge is 0.306 e. The number of hydrogen-bond acceptors (Lipinski definition) is 5. The molecule has 6 nitrogen and oxygen atoms in total. The fourth-order valence-corrected chi connectivity index (χ4v) is 1.72. The van der Waals surface area contributed by atoms with Gasteiger partial charge in [0, 0.05) is 20.1 Å². The highest BCUT2D eigenvalue weighted by Crippen LogP contribution is 1.97. The van der Waals surface area contributed by atoms with Gasteiger partial charge in [0.1, 0.15) is 6.61 Å². The monoisotopic (exact) mass is 324 g/mol. The summed E-state index contributed by atoms with van der Waals surface area (Å²) in [6, 6.07) is 9.68. The van der Waals surface area contributed by atoms with E-state index in [0.717, 1.165) is 5.56 Å². The van der Waals surface area contributed by atoms with E-state index >= 15 is 0 Å². The van der Waals surface area contributed by atoms with Gasteiger partial charge in [-0.2, -0.15) is 0 Å². The Hall–Kier alpha value is -1.99. The van der Waals surface area contributed by atoms with E-state index in [4.69, 9.17) is 21.7 Å². The number of esters is 1. The predicted molar refractivity (Wildman–Crippen MR) is 86.1 cm³/mol. The molecule has 0 spiro atoms. The number of amides is 1. The molecule has 0 saturated heterocycles. The number of rotatable bonds is 8. The standard InChI is InChI=1S/C15H20N2O4S/c1-20-9-10-21-14(19)8-7-13(18)17-15(22)16-11-12-5-3-2-4-6-12/h2-6H,7-11H2,1H3,(H2,16,17,18,22). The Labute approximate surface area is 135 Å². The number of nitrogens with one attached hydrogen (secondary N) is 2. The quantitative estimate of drug-likeness (QED) is 0.424. The number of thiocarbonyl (C=S) groups is 1. The number of carbonyl (C=O) groups excluding carboxylic acids is 2. The zero-order chi connectivity index (χ0) is 16.2. The van der Waals surface area contributed by atoms with Gasteiger partial charge in [-0.1, -0.05) is 30.3 Å². The maximum absolute atomic E-state index is 11.6. The second-order valence-electron chi connectivity index (χ2n) is 4.43. The van der Waals surface area contributed by atoms with Crippen LogP contribution in [0.5, 0.6) is 0 Å². The van der Waals surface area contributed by atoms with Gasteiger partial charge in [-0.3, -0.25) is 9.59 Å². The van der Waals surface area contributed by atoms with E-state index in [9.17, 15) is 9.59 Å².